The summed E-state index contributed by atoms with van der Waals surface area (Å²) in [7, 11) is 0. The van der Waals surface area contributed by atoms with Crippen molar-refractivity contribution >= 4 is 22.6 Å². The molecule has 1 saturated carbocycles. The van der Waals surface area contributed by atoms with E-state index >= 15 is 0 Å². The zero-order valence-electron chi connectivity index (χ0n) is 10.1. The number of nitriles is 2. The molecule has 1 fully saturated rings. The van der Waals surface area contributed by atoms with Gasteiger partial charge >= 0.3 is 0 Å². The van der Waals surface area contributed by atoms with Crippen LogP contribution in [0.15, 0.2) is 12.3 Å². The molecular weight excluding hydrogens is 262 g/mol. The Balaban J connectivity index is 2.12. The first-order valence-corrected chi connectivity index (χ1v) is 6.47. The Morgan fingerprint density at radius 3 is 2.79 bits per heavy atom. The Morgan fingerprint density at radius 2 is 2.21 bits per heavy atom. The standard InChI is InChI=1S/C13H10ClN5/c14-4-12-18-10-3-9(5-15)17-6-11(10)19(12)8-13(7-16)1-2-13/h3,6H,1-2,4,8H2. The highest BCUT2D eigenvalue weighted by Gasteiger charge is 2.44. The number of hydrogen-bond donors (Lipinski definition) is 0. The molecule has 1 aliphatic carbocycles. The fourth-order valence-corrected chi connectivity index (χ4v) is 2.38. The van der Waals surface area contributed by atoms with Crippen LogP contribution in [0.4, 0.5) is 0 Å². The summed E-state index contributed by atoms with van der Waals surface area (Å²) in [6.45, 7) is 0.593. The topological polar surface area (TPSA) is 78.3 Å². The van der Waals surface area contributed by atoms with Crippen LogP contribution < -0.4 is 0 Å². The van der Waals surface area contributed by atoms with Crippen LogP contribution in [0, 0.1) is 28.1 Å². The molecular formula is C13H10ClN5. The molecule has 2 aromatic heterocycles. The molecule has 0 bridgehead atoms. The first kappa shape index (κ1) is 12.0. The van der Waals surface area contributed by atoms with Gasteiger partial charge in [0.05, 0.1) is 34.6 Å². The molecule has 19 heavy (non-hydrogen) atoms. The van der Waals surface area contributed by atoms with Crippen molar-refractivity contribution in [3.8, 4) is 12.1 Å². The lowest BCUT2D eigenvalue weighted by molar-refractivity contribution is 0.527. The zero-order chi connectivity index (χ0) is 13.5. The Labute approximate surface area is 115 Å². The molecule has 0 radical (unpaired) electrons. The van der Waals surface area contributed by atoms with Gasteiger partial charge in [0, 0.05) is 12.6 Å². The van der Waals surface area contributed by atoms with Gasteiger partial charge in [0.1, 0.15) is 17.6 Å². The zero-order valence-corrected chi connectivity index (χ0v) is 10.9. The normalized spacial score (nSPS) is 15.9. The molecule has 0 unspecified atom stereocenters. The monoisotopic (exact) mass is 271 g/mol. The van der Waals surface area contributed by atoms with Gasteiger partial charge in [-0.2, -0.15) is 10.5 Å². The van der Waals surface area contributed by atoms with E-state index in [1.165, 1.54) is 0 Å². The van der Waals surface area contributed by atoms with Crippen molar-refractivity contribution in [1.82, 2.24) is 14.5 Å². The van der Waals surface area contributed by atoms with Crippen LogP contribution in [0.3, 0.4) is 0 Å². The summed E-state index contributed by atoms with van der Waals surface area (Å²) in [5.41, 5.74) is 1.59. The molecule has 0 spiro atoms. The van der Waals surface area contributed by atoms with Gasteiger partial charge in [-0.05, 0) is 12.8 Å². The minimum Gasteiger partial charge on any atom is -0.324 e. The molecule has 0 N–H and O–H groups in total. The largest absolute Gasteiger partial charge is 0.324 e. The summed E-state index contributed by atoms with van der Waals surface area (Å²) >= 11 is 5.92. The van der Waals surface area contributed by atoms with E-state index in [0.717, 1.165) is 24.2 Å². The smallest absolute Gasteiger partial charge is 0.142 e. The minimum atomic E-state index is -0.275. The number of aromatic nitrogens is 3. The molecule has 5 nitrogen and oxygen atoms in total. The van der Waals surface area contributed by atoms with E-state index in [-0.39, 0.29) is 11.3 Å². The summed E-state index contributed by atoms with van der Waals surface area (Å²) in [6, 6.07) is 6.00. The quantitative estimate of drug-likeness (QED) is 0.803. The molecule has 0 saturated heterocycles. The molecule has 0 aromatic carbocycles. The van der Waals surface area contributed by atoms with Crippen LogP contribution in [0.2, 0.25) is 0 Å². The number of rotatable bonds is 3. The van der Waals surface area contributed by atoms with Crippen LogP contribution in [0.5, 0.6) is 0 Å². The number of imidazole rings is 1. The van der Waals surface area contributed by atoms with Crippen molar-refractivity contribution in [3.05, 3.63) is 23.8 Å². The molecule has 94 valence electrons. The Hall–Kier alpha value is -2.11. The fourth-order valence-electron chi connectivity index (χ4n) is 2.17. The molecule has 0 atom stereocenters. The van der Waals surface area contributed by atoms with E-state index in [2.05, 4.69) is 16.0 Å². The Morgan fingerprint density at radius 1 is 1.42 bits per heavy atom. The summed E-state index contributed by atoms with van der Waals surface area (Å²) in [5.74, 6) is 0.994. The second kappa shape index (κ2) is 4.22. The van der Waals surface area contributed by atoms with Crippen molar-refractivity contribution < 1.29 is 0 Å². The summed E-state index contributed by atoms with van der Waals surface area (Å²) < 4.78 is 1.95. The van der Waals surface area contributed by atoms with Gasteiger partial charge in [-0.25, -0.2) is 9.97 Å². The summed E-state index contributed by atoms with van der Waals surface area (Å²) in [5, 5.41) is 18.0. The summed E-state index contributed by atoms with van der Waals surface area (Å²) in [6.07, 6.45) is 3.45. The van der Waals surface area contributed by atoms with Gasteiger partial charge in [-0.15, -0.1) is 11.6 Å². The van der Waals surface area contributed by atoms with E-state index in [1.807, 2.05) is 10.6 Å². The number of fused-ring (bicyclic) bond motifs is 1. The van der Waals surface area contributed by atoms with E-state index in [0.29, 0.717) is 17.8 Å². The van der Waals surface area contributed by atoms with E-state index < -0.39 is 0 Å². The molecule has 0 aliphatic heterocycles. The van der Waals surface area contributed by atoms with E-state index in [4.69, 9.17) is 16.9 Å². The average Bonchev–Trinajstić information content (AvgIpc) is 3.14. The fraction of sp³-hybridized carbons (Fsp3) is 0.385. The maximum Gasteiger partial charge on any atom is 0.142 e. The van der Waals surface area contributed by atoms with Crippen LogP contribution in [0.25, 0.3) is 11.0 Å². The molecule has 6 heteroatoms. The third kappa shape index (κ3) is 1.93. The van der Waals surface area contributed by atoms with Gasteiger partial charge in [0.2, 0.25) is 0 Å². The minimum absolute atomic E-state index is 0.275. The van der Waals surface area contributed by atoms with Crippen molar-refractivity contribution in [1.29, 1.82) is 10.5 Å². The number of alkyl halides is 1. The van der Waals surface area contributed by atoms with Crippen LogP contribution in [0.1, 0.15) is 24.4 Å². The van der Waals surface area contributed by atoms with Crippen molar-refractivity contribution in [3.63, 3.8) is 0 Å². The van der Waals surface area contributed by atoms with Crippen LogP contribution in [-0.4, -0.2) is 14.5 Å². The second-order valence-electron chi connectivity index (χ2n) is 4.81. The van der Waals surface area contributed by atoms with Gasteiger partial charge < -0.3 is 4.57 Å². The summed E-state index contributed by atoms with van der Waals surface area (Å²) in [4.78, 5) is 8.48. The van der Waals surface area contributed by atoms with Gasteiger partial charge in [-0.3, -0.25) is 0 Å². The predicted molar refractivity (Wildman–Crippen MR) is 69.1 cm³/mol. The SMILES string of the molecule is N#Cc1cc2nc(CCl)n(CC3(C#N)CC3)c2cn1. The molecule has 2 aromatic rings. The molecule has 1 aliphatic rings. The number of nitrogens with zero attached hydrogens (tertiary/aromatic N) is 5. The van der Waals surface area contributed by atoms with E-state index in [1.54, 1.807) is 12.3 Å². The lowest BCUT2D eigenvalue weighted by Gasteiger charge is -2.10. The molecule has 0 amide bonds. The average molecular weight is 272 g/mol. The van der Waals surface area contributed by atoms with Crippen molar-refractivity contribution in [2.45, 2.75) is 25.3 Å². The van der Waals surface area contributed by atoms with Crippen molar-refractivity contribution in [2.24, 2.45) is 5.41 Å². The number of hydrogen-bond acceptors (Lipinski definition) is 4. The Bertz CT molecular complexity index is 730. The highest BCUT2D eigenvalue weighted by molar-refractivity contribution is 6.16. The predicted octanol–water partition coefficient (Wildman–Crippen LogP) is 2.35. The van der Waals surface area contributed by atoms with Gasteiger partial charge in [-0.1, -0.05) is 0 Å². The van der Waals surface area contributed by atoms with E-state index in [9.17, 15) is 5.26 Å². The second-order valence-corrected chi connectivity index (χ2v) is 5.08. The molecule has 3 rings (SSSR count). The first-order chi connectivity index (χ1) is 9.21. The third-order valence-corrected chi connectivity index (χ3v) is 3.74. The third-order valence-electron chi connectivity index (χ3n) is 3.50. The maximum atomic E-state index is 9.20. The van der Waals surface area contributed by atoms with Crippen LogP contribution in [-0.2, 0) is 12.4 Å². The lowest BCUT2D eigenvalue weighted by atomic mass is 10.1. The number of pyridine rings is 1. The number of halogens is 1. The Kier molecular flexibility index (Phi) is 2.66. The van der Waals surface area contributed by atoms with Gasteiger partial charge in [0.15, 0.2) is 0 Å². The first-order valence-electron chi connectivity index (χ1n) is 5.94. The molecule has 2 heterocycles. The van der Waals surface area contributed by atoms with Crippen molar-refractivity contribution in [2.75, 3.05) is 0 Å². The van der Waals surface area contributed by atoms with Crippen LogP contribution >= 0.6 is 11.6 Å². The highest BCUT2D eigenvalue weighted by atomic mass is 35.5. The maximum absolute atomic E-state index is 9.20. The highest BCUT2D eigenvalue weighted by Crippen LogP contribution is 2.47. The lowest BCUT2D eigenvalue weighted by Crippen LogP contribution is -2.12. The van der Waals surface area contributed by atoms with Gasteiger partial charge in [0.25, 0.3) is 0 Å².